The third-order valence-corrected chi connectivity index (χ3v) is 2.96. The molecule has 0 spiro atoms. The van der Waals surface area contributed by atoms with Gasteiger partial charge in [0, 0.05) is 32.7 Å². The largest absolute Gasteiger partial charge is 0.379 e. The fourth-order valence-corrected chi connectivity index (χ4v) is 1.90. The van der Waals surface area contributed by atoms with Crippen molar-refractivity contribution in [2.24, 2.45) is 0 Å². The molecule has 18 heavy (non-hydrogen) atoms. The van der Waals surface area contributed by atoms with Gasteiger partial charge in [-0.15, -0.1) is 0 Å². The summed E-state index contributed by atoms with van der Waals surface area (Å²) in [6, 6.07) is 2.09. The molecule has 0 saturated carbocycles. The summed E-state index contributed by atoms with van der Waals surface area (Å²) >= 11 is 0. The maximum absolute atomic E-state index is 11.8. The number of carbonyl (C=O) groups excluding carboxylic acids is 1. The molecule has 0 unspecified atom stereocenters. The van der Waals surface area contributed by atoms with Crippen LogP contribution >= 0.6 is 0 Å². The van der Waals surface area contributed by atoms with E-state index in [1.54, 1.807) is 11.9 Å². The number of morpholine rings is 1. The van der Waals surface area contributed by atoms with E-state index in [1.165, 1.54) is 0 Å². The fraction of sp³-hybridized carbons (Fsp3) is 0.833. The van der Waals surface area contributed by atoms with Crippen LogP contribution < -0.4 is 5.32 Å². The van der Waals surface area contributed by atoms with Crippen molar-refractivity contribution in [2.75, 3.05) is 59.5 Å². The summed E-state index contributed by atoms with van der Waals surface area (Å²) in [6.45, 7) is 5.76. The van der Waals surface area contributed by atoms with Gasteiger partial charge in [0.15, 0.2) is 0 Å². The van der Waals surface area contributed by atoms with Crippen molar-refractivity contribution >= 4 is 5.91 Å². The van der Waals surface area contributed by atoms with Crippen LogP contribution in [0, 0.1) is 11.3 Å². The van der Waals surface area contributed by atoms with Crippen molar-refractivity contribution in [1.29, 1.82) is 5.26 Å². The lowest BCUT2D eigenvalue weighted by molar-refractivity contribution is -0.130. The number of nitrogens with one attached hydrogen (secondary N) is 1. The maximum atomic E-state index is 11.8. The molecule has 1 rings (SSSR count). The third kappa shape index (κ3) is 5.45. The number of nitrogens with zero attached hydrogens (tertiary/aromatic N) is 3. The fourth-order valence-electron chi connectivity index (χ4n) is 1.90. The summed E-state index contributed by atoms with van der Waals surface area (Å²) in [7, 11) is 1.75. The molecular formula is C12H22N4O2. The minimum absolute atomic E-state index is 0.0565. The molecule has 1 heterocycles. The quantitative estimate of drug-likeness (QED) is 0.649. The van der Waals surface area contributed by atoms with Gasteiger partial charge in [-0.25, -0.2) is 0 Å². The van der Waals surface area contributed by atoms with E-state index in [0.29, 0.717) is 26.1 Å². The first-order valence-electron chi connectivity index (χ1n) is 6.37. The number of carbonyl (C=O) groups is 1. The summed E-state index contributed by atoms with van der Waals surface area (Å²) in [5, 5.41) is 11.5. The molecule has 0 aliphatic carbocycles. The van der Waals surface area contributed by atoms with E-state index in [4.69, 9.17) is 10.00 Å². The normalized spacial score (nSPS) is 16.2. The summed E-state index contributed by atoms with van der Waals surface area (Å²) in [5.41, 5.74) is 0. The van der Waals surface area contributed by atoms with Crippen LogP contribution in [0.15, 0.2) is 0 Å². The molecule has 1 aliphatic rings. The number of amides is 1. The topological polar surface area (TPSA) is 68.6 Å². The van der Waals surface area contributed by atoms with Gasteiger partial charge in [-0.2, -0.15) is 5.26 Å². The Morgan fingerprint density at radius 1 is 1.44 bits per heavy atom. The molecule has 6 heteroatoms. The monoisotopic (exact) mass is 254 g/mol. The van der Waals surface area contributed by atoms with Gasteiger partial charge in [0.2, 0.25) is 5.91 Å². The summed E-state index contributed by atoms with van der Waals surface area (Å²) in [4.78, 5) is 15.9. The average Bonchev–Trinajstić information content (AvgIpc) is 2.40. The molecule has 0 aromatic rings. The third-order valence-electron chi connectivity index (χ3n) is 2.96. The number of hydrogen-bond acceptors (Lipinski definition) is 5. The molecule has 1 N–H and O–H groups in total. The number of rotatable bonds is 7. The molecule has 0 bridgehead atoms. The number of ether oxygens (including phenoxy) is 1. The SMILES string of the molecule is CNCC(=O)N(CCC#N)CCN1CCOCC1. The zero-order chi connectivity index (χ0) is 13.2. The molecule has 102 valence electrons. The number of hydrogen-bond donors (Lipinski definition) is 1. The first-order chi connectivity index (χ1) is 8.77. The van der Waals surface area contributed by atoms with E-state index in [2.05, 4.69) is 16.3 Å². The standard InChI is InChI=1S/C12H22N4O2/c1-14-11-12(17)16(4-2-3-13)6-5-15-7-9-18-10-8-15/h14H,2,4-11H2,1H3. The molecule has 1 saturated heterocycles. The van der Waals surface area contributed by atoms with Crippen molar-refractivity contribution in [1.82, 2.24) is 15.1 Å². The molecule has 0 radical (unpaired) electrons. The maximum Gasteiger partial charge on any atom is 0.236 e. The first kappa shape index (κ1) is 14.9. The van der Waals surface area contributed by atoms with Gasteiger partial charge in [-0.05, 0) is 7.05 Å². The highest BCUT2D eigenvalue weighted by atomic mass is 16.5. The Morgan fingerprint density at radius 3 is 2.78 bits per heavy atom. The van der Waals surface area contributed by atoms with E-state index in [9.17, 15) is 4.79 Å². The Kier molecular flexibility index (Phi) is 7.34. The van der Waals surface area contributed by atoms with Gasteiger partial charge in [0.25, 0.3) is 0 Å². The van der Waals surface area contributed by atoms with Crippen LogP contribution in [0.4, 0.5) is 0 Å². The van der Waals surface area contributed by atoms with E-state index in [1.807, 2.05) is 0 Å². The summed E-state index contributed by atoms with van der Waals surface area (Å²) < 4.78 is 5.28. The first-order valence-corrected chi connectivity index (χ1v) is 6.37. The predicted octanol–water partition coefficient (Wildman–Crippen LogP) is -0.720. The molecular weight excluding hydrogens is 232 g/mol. The minimum atomic E-state index is 0.0565. The second-order valence-electron chi connectivity index (χ2n) is 4.27. The van der Waals surface area contributed by atoms with E-state index >= 15 is 0 Å². The predicted molar refractivity (Wildman–Crippen MR) is 68.0 cm³/mol. The van der Waals surface area contributed by atoms with E-state index in [-0.39, 0.29) is 5.91 Å². The van der Waals surface area contributed by atoms with Crippen LogP contribution in [0.5, 0.6) is 0 Å². The second-order valence-corrected chi connectivity index (χ2v) is 4.27. The smallest absolute Gasteiger partial charge is 0.236 e. The molecule has 1 amide bonds. The lowest BCUT2D eigenvalue weighted by atomic mass is 10.3. The average molecular weight is 254 g/mol. The molecule has 1 fully saturated rings. The van der Waals surface area contributed by atoms with Crippen LogP contribution in [-0.4, -0.2) is 75.2 Å². The molecule has 0 atom stereocenters. The zero-order valence-electron chi connectivity index (χ0n) is 11.0. The molecule has 0 aromatic carbocycles. The molecule has 1 aliphatic heterocycles. The highest BCUT2D eigenvalue weighted by Crippen LogP contribution is 1.99. The molecule has 6 nitrogen and oxygen atoms in total. The van der Waals surface area contributed by atoms with Crippen LogP contribution in [0.25, 0.3) is 0 Å². The van der Waals surface area contributed by atoms with Crippen molar-refractivity contribution in [3.05, 3.63) is 0 Å². The van der Waals surface area contributed by atoms with E-state index in [0.717, 1.165) is 32.8 Å². The van der Waals surface area contributed by atoms with Crippen LogP contribution in [0.1, 0.15) is 6.42 Å². The Labute approximate surface area is 108 Å². The van der Waals surface area contributed by atoms with Gasteiger partial charge < -0.3 is 15.0 Å². The Bertz CT molecular complexity index is 284. The second kappa shape index (κ2) is 8.86. The minimum Gasteiger partial charge on any atom is -0.379 e. The number of likely N-dealkylation sites (N-methyl/N-ethyl adjacent to an activating group) is 1. The van der Waals surface area contributed by atoms with Crippen molar-refractivity contribution < 1.29 is 9.53 Å². The highest BCUT2D eigenvalue weighted by molar-refractivity contribution is 5.78. The summed E-state index contributed by atoms with van der Waals surface area (Å²) in [6.07, 6.45) is 0.387. The van der Waals surface area contributed by atoms with Gasteiger partial charge in [0.1, 0.15) is 0 Å². The van der Waals surface area contributed by atoms with Crippen LogP contribution in [0.2, 0.25) is 0 Å². The molecule has 0 aromatic heterocycles. The number of nitriles is 1. The van der Waals surface area contributed by atoms with Crippen LogP contribution in [-0.2, 0) is 9.53 Å². The van der Waals surface area contributed by atoms with Crippen molar-refractivity contribution in [3.63, 3.8) is 0 Å². The van der Waals surface area contributed by atoms with Crippen molar-refractivity contribution in [3.8, 4) is 6.07 Å². The lowest BCUT2D eigenvalue weighted by Gasteiger charge is -2.29. The van der Waals surface area contributed by atoms with Gasteiger partial charge in [-0.3, -0.25) is 9.69 Å². The Morgan fingerprint density at radius 2 is 2.17 bits per heavy atom. The van der Waals surface area contributed by atoms with E-state index < -0.39 is 0 Å². The Hall–Kier alpha value is -1.16. The van der Waals surface area contributed by atoms with Gasteiger partial charge in [0.05, 0.1) is 32.2 Å². The Balaban J connectivity index is 2.34. The lowest BCUT2D eigenvalue weighted by Crippen LogP contribution is -2.45. The zero-order valence-corrected chi connectivity index (χ0v) is 11.0. The van der Waals surface area contributed by atoms with Crippen molar-refractivity contribution in [2.45, 2.75) is 6.42 Å². The van der Waals surface area contributed by atoms with Gasteiger partial charge in [-0.1, -0.05) is 0 Å². The van der Waals surface area contributed by atoms with Crippen LogP contribution in [0.3, 0.4) is 0 Å². The summed E-state index contributed by atoms with van der Waals surface area (Å²) in [5.74, 6) is 0.0565. The highest BCUT2D eigenvalue weighted by Gasteiger charge is 2.15. The van der Waals surface area contributed by atoms with Gasteiger partial charge >= 0.3 is 0 Å².